The SMILES string of the molecule is C#CCn1c(=NS(=O)(=O)c2ccc(OC)cc2)sc2c(Cl)ccc(Cl)c21. The highest BCUT2D eigenvalue weighted by atomic mass is 35.5. The summed E-state index contributed by atoms with van der Waals surface area (Å²) in [5.41, 5.74) is 0.561. The fourth-order valence-electron chi connectivity index (χ4n) is 2.32. The Morgan fingerprint density at radius 2 is 1.85 bits per heavy atom. The van der Waals surface area contributed by atoms with E-state index in [1.807, 2.05) is 0 Å². The molecule has 3 aromatic rings. The van der Waals surface area contributed by atoms with Gasteiger partial charge in [0.1, 0.15) is 5.75 Å². The van der Waals surface area contributed by atoms with E-state index in [0.29, 0.717) is 26.0 Å². The number of hydrogen-bond acceptors (Lipinski definition) is 4. The Morgan fingerprint density at radius 3 is 2.46 bits per heavy atom. The van der Waals surface area contributed by atoms with Crippen molar-refractivity contribution in [3.63, 3.8) is 0 Å². The van der Waals surface area contributed by atoms with Crippen molar-refractivity contribution in [2.24, 2.45) is 4.40 Å². The van der Waals surface area contributed by atoms with Crippen LogP contribution in [0.15, 0.2) is 45.7 Å². The molecular weight excluding hydrogens is 415 g/mol. The highest BCUT2D eigenvalue weighted by molar-refractivity contribution is 7.90. The second-order valence-electron chi connectivity index (χ2n) is 5.12. The monoisotopic (exact) mass is 426 g/mol. The van der Waals surface area contributed by atoms with Crippen LogP contribution in [0.5, 0.6) is 5.75 Å². The highest BCUT2D eigenvalue weighted by Crippen LogP contribution is 2.32. The molecule has 0 aliphatic rings. The minimum Gasteiger partial charge on any atom is -0.497 e. The number of methoxy groups -OCH3 is 1. The smallest absolute Gasteiger partial charge is 0.285 e. The molecule has 0 atom stereocenters. The van der Waals surface area contributed by atoms with Crippen molar-refractivity contribution in [3.05, 3.63) is 51.2 Å². The second-order valence-corrected chi connectivity index (χ2v) is 8.52. The lowest BCUT2D eigenvalue weighted by molar-refractivity contribution is 0.414. The summed E-state index contributed by atoms with van der Waals surface area (Å²) in [5.74, 6) is 3.03. The lowest BCUT2D eigenvalue weighted by atomic mass is 10.3. The van der Waals surface area contributed by atoms with Crippen molar-refractivity contribution in [3.8, 4) is 18.1 Å². The zero-order valence-electron chi connectivity index (χ0n) is 13.4. The van der Waals surface area contributed by atoms with Crippen LogP contribution in [-0.4, -0.2) is 20.1 Å². The van der Waals surface area contributed by atoms with E-state index in [-0.39, 0.29) is 16.2 Å². The maximum absolute atomic E-state index is 12.7. The number of benzene rings is 2. The topological polar surface area (TPSA) is 60.7 Å². The molecule has 0 amide bonds. The summed E-state index contributed by atoms with van der Waals surface area (Å²) in [4.78, 5) is 0.240. The Morgan fingerprint density at radius 1 is 1.19 bits per heavy atom. The first-order valence-corrected chi connectivity index (χ1v) is 10.2. The molecule has 0 radical (unpaired) electrons. The number of nitrogens with zero attached hydrogens (tertiary/aromatic N) is 2. The van der Waals surface area contributed by atoms with Gasteiger partial charge in [-0.05, 0) is 36.4 Å². The van der Waals surface area contributed by atoms with Crippen molar-refractivity contribution >= 4 is 54.8 Å². The van der Waals surface area contributed by atoms with Crippen molar-refractivity contribution in [2.45, 2.75) is 11.4 Å². The minimum absolute atomic E-state index is 0.0419. The summed E-state index contributed by atoms with van der Waals surface area (Å²) >= 11 is 13.6. The lowest BCUT2D eigenvalue weighted by Gasteiger charge is -2.03. The van der Waals surface area contributed by atoms with Crippen LogP contribution < -0.4 is 9.54 Å². The third kappa shape index (κ3) is 3.46. The van der Waals surface area contributed by atoms with Gasteiger partial charge in [-0.1, -0.05) is 40.5 Å². The van der Waals surface area contributed by atoms with Gasteiger partial charge in [0.05, 0.1) is 38.8 Å². The number of sulfonamides is 1. The summed E-state index contributed by atoms with van der Waals surface area (Å²) in [6, 6.07) is 9.23. The maximum atomic E-state index is 12.7. The summed E-state index contributed by atoms with van der Waals surface area (Å²) < 4.78 is 36.5. The summed E-state index contributed by atoms with van der Waals surface area (Å²) in [7, 11) is -2.45. The zero-order valence-corrected chi connectivity index (χ0v) is 16.6. The number of thiazole rings is 1. The van der Waals surface area contributed by atoms with Crippen molar-refractivity contribution in [1.82, 2.24) is 4.57 Å². The number of aromatic nitrogens is 1. The van der Waals surface area contributed by atoms with Crippen LogP contribution in [0, 0.1) is 12.3 Å². The molecule has 2 aromatic carbocycles. The van der Waals surface area contributed by atoms with Gasteiger partial charge in [0, 0.05) is 0 Å². The average molecular weight is 427 g/mol. The molecule has 0 spiro atoms. The Kier molecular flexibility index (Phi) is 5.30. The summed E-state index contributed by atoms with van der Waals surface area (Å²) in [6.45, 7) is 0.108. The number of ether oxygens (including phenoxy) is 1. The molecule has 0 bridgehead atoms. The molecule has 0 aliphatic carbocycles. The fraction of sp³-hybridized carbons (Fsp3) is 0.118. The third-order valence-corrected chi connectivity index (χ3v) is 6.77. The molecule has 1 aromatic heterocycles. The van der Waals surface area contributed by atoms with E-state index in [1.165, 1.54) is 19.2 Å². The van der Waals surface area contributed by atoms with Gasteiger partial charge < -0.3 is 9.30 Å². The van der Waals surface area contributed by atoms with Crippen molar-refractivity contribution in [2.75, 3.05) is 7.11 Å². The Labute approximate surface area is 164 Å². The predicted octanol–water partition coefficient (Wildman–Crippen LogP) is 3.94. The van der Waals surface area contributed by atoms with Crippen LogP contribution in [0.3, 0.4) is 0 Å². The number of hydrogen-bond donors (Lipinski definition) is 0. The largest absolute Gasteiger partial charge is 0.497 e. The van der Waals surface area contributed by atoms with Gasteiger partial charge >= 0.3 is 0 Å². The Bertz CT molecular complexity index is 1190. The number of rotatable bonds is 4. The first-order valence-electron chi connectivity index (χ1n) is 7.23. The number of fused-ring (bicyclic) bond motifs is 1. The van der Waals surface area contributed by atoms with Crippen molar-refractivity contribution in [1.29, 1.82) is 0 Å². The first kappa shape index (κ1) is 18.8. The van der Waals surface area contributed by atoms with Gasteiger partial charge in [-0.25, -0.2) is 0 Å². The van der Waals surface area contributed by atoms with Crippen LogP contribution in [-0.2, 0) is 16.6 Å². The van der Waals surface area contributed by atoms with Crippen LogP contribution in [0.1, 0.15) is 0 Å². The van der Waals surface area contributed by atoms with E-state index < -0.39 is 10.0 Å². The molecule has 9 heteroatoms. The predicted molar refractivity (Wildman–Crippen MR) is 104 cm³/mol. The highest BCUT2D eigenvalue weighted by Gasteiger charge is 2.17. The van der Waals surface area contributed by atoms with Gasteiger partial charge in [-0.3, -0.25) is 0 Å². The quantitative estimate of drug-likeness (QED) is 0.593. The molecule has 0 saturated heterocycles. The molecule has 0 unspecified atom stereocenters. The molecule has 1 heterocycles. The standard InChI is InChI=1S/C17H12Cl2N2O3S2/c1-3-10-21-15-13(18)8-9-14(19)16(15)25-17(21)20-26(22,23)12-6-4-11(24-2)5-7-12/h1,4-9H,10H2,2H3. The Balaban J connectivity index is 2.26. The van der Waals surface area contributed by atoms with Crippen LogP contribution in [0.4, 0.5) is 0 Å². The summed E-state index contributed by atoms with van der Waals surface area (Å²) in [6.07, 6.45) is 5.43. The van der Waals surface area contributed by atoms with E-state index in [1.54, 1.807) is 28.8 Å². The molecule has 0 saturated carbocycles. The molecule has 26 heavy (non-hydrogen) atoms. The van der Waals surface area contributed by atoms with Crippen molar-refractivity contribution < 1.29 is 13.2 Å². The van der Waals surface area contributed by atoms with Gasteiger partial charge in [0.25, 0.3) is 10.0 Å². The van der Waals surface area contributed by atoms with Crippen LogP contribution in [0.2, 0.25) is 10.0 Å². The molecule has 3 rings (SSSR count). The third-order valence-electron chi connectivity index (χ3n) is 3.53. The van der Waals surface area contributed by atoms with Gasteiger partial charge in [-0.2, -0.15) is 8.42 Å². The number of halogens is 2. The zero-order chi connectivity index (χ0) is 18.9. The molecule has 0 N–H and O–H groups in total. The average Bonchev–Trinajstić information content (AvgIpc) is 2.97. The molecule has 5 nitrogen and oxygen atoms in total. The Hall–Kier alpha value is -1.98. The van der Waals surface area contributed by atoms with Gasteiger partial charge in [0.2, 0.25) is 4.80 Å². The van der Waals surface area contributed by atoms with Gasteiger partial charge in [-0.15, -0.1) is 10.8 Å². The molecule has 0 fully saturated rings. The lowest BCUT2D eigenvalue weighted by Crippen LogP contribution is -2.16. The van der Waals surface area contributed by atoms with E-state index >= 15 is 0 Å². The first-order chi connectivity index (χ1) is 12.4. The second kappa shape index (κ2) is 7.33. The maximum Gasteiger partial charge on any atom is 0.285 e. The normalized spacial score (nSPS) is 12.3. The van der Waals surface area contributed by atoms with Crippen LogP contribution >= 0.6 is 34.5 Å². The number of terminal acetylenes is 1. The van der Waals surface area contributed by atoms with E-state index in [4.69, 9.17) is 34.4 Å². The minimum atomic E-state index is -3.95. The van der Waals surface area contributed by atoms with E-state index in [0.717, 1.165) is 11.3 Å². The molecular formula is C17H12Cl2N2O3S2. The fourth-order valence-corrected chi connectivity index (χ4v) is 5.17. The van der Waals surface area contributed by atoms with E-state index in [9.17, 15) is 8.42 Å². The molecule has 134 valence electrons. The van der Waals surface area contributed by atoms with E-state index in [2.05, 4.69) is 10.3 Å². The van der Waals surface area contributed by atoms with Gasteiger partial charge in [0.15, 0.2) is 0 Å². The van der Waals surface area contributed by atoms with Crippen LogP contribution in [0.25, 0.3) is 10.2 Å². The molecule has 0 aliphatic heterocycles. The summed E-state index contributed by atoms with van der Waals surface area (Å²) in [5, 5.41) is 0.864.